The summed E-state index contributed by atoms with van der Waals surface area (Å²) < 4.78 is 24.4. The summed E-state index contributed by atoms with van der Waals surface area (Å²) in [6.45, 7) is 0. The summed E-state index contributed by atoms with van der Waals surface area (Å²) in [5.74, 6) is -1.45. The summed E-state index contributed by atoms with van der Waals surface area (Å²) in [5, 5.41) is 8.89. The lowest BCUT2D eigenvalue weighted by molar-refractivity contribution is 0.0696. The van der Waals surface area contributed by atoms with E-state index in [-0.39, 0.29) is 21.2 Å². The SMILES string of the molecule is O=C(O)c1ccc(Cl)c(S(=O)(=O)Cc2cncs2)c1. The molecule has 0 fully saturated rings. The van der Waals surface area contributed by atoms with Crippen LogP contribution in [0.4, 0.5) is 0 Å². The maximum atomic E-state index is 12.2. The van der Waals surface area contributed by atoms with Crippen molar-refractivity contribution in [2.24, 2.45) is 0 Å². The van der Waals surface area contributed by atoms with Crippen molar-refractivity contribution in [2.75, 3.05) is 0 Å². The number of hydrogen-bond acceptors (Lipinski definition) is 5. The smallest absolute Gasteiger partial charge is 0.335 e. The van der Waals surface area contributed by atoms with Crippen LogP contribution in [0.25, 0.3) is 0 Å². The van der Waals surface area contributed by atoms with Crippen LogP contribution in [0.5, 0.6) is 0 Å². The number of sulfone groups is 1. The largest absolute Gasteiger partial charge is 0.478 e. The van der Waals surface area contributed by atoms with E-state index in [1.54, 1.807) is 0 Å². The summed E-state index contributed by atoms with van der Waals surface area (Å²) in [6.07, 6.45) is 1.46. The van der Waals surface area contributed by atoms with Gasteiger partial charge in [-0.15, -0.1) is 11.3 Å². The first-order valence-electron chi connectivity index (χ1n) is 5.03. The first kappa shape index (κ1) is 14.0. The quantitative estimate of drug-likeness (QED) is 0.936. The minimum atomic E-state index is -3.69. The number of aromatic nitrogens is 1. The number of benzene rings is 1. The van der Waals surface area contributed by atoms with Gasteiger partial charge in [0.2, 0.25) is 0 Å². The number of halogens is 1. The van der Waals surface area contributed by atoms with Crippen molar-refractivity contribution >= 4 is 38.7 Å². The fraction of sp³-hybridized carbons (Fsp3) is 0.0909. The van der Waals surface area contributed by atoms with Crippen molar-refractivity contribution in [1.29, 1.82) is 0 Å². The van der Waals surface area contributed by atoms with Crippen molar-refractivity contribution in [3.63, 3.8) is 0 Å². The van der Waals surface area contributed by atoms with Gasteiger partial charge in [0.25, 0.3) is 0 Å². The molecule has 0 atom stereocenters. The maximum Gasteiger partial charge on any atom is 0.335 e. The van der Waals surface area contributed by atoms with Crippen LogP contribution in [0.2, 0.25) is 5.02 Å². The van der Waals surface area contributed by atoms with Crippen LogP contribution < -0.4 is 0 Å². The molecule has 100 valence electrons. The summed E-state index contributed by atoms with van der Waals surface area (Å²) in [4.78, 5) is 15.0. The Morgan fingerprint density at radius 3 is 2.74 bits per heavy atom. The predicted octanol–water partition coefficient (Wildman–Crippen LogP) is 2.47. The molecule has 0 aliphatic heterocycles. The molecule has 0 saturated carbocycles. The van der Waals surface area contributed by atoms with Gasteiger partial charge in [-0.2, -0.15) is 0 Å². The van der Waals surface area contributed by atoms with E-state index < -0.39 is 15.8 Å². The summed E-state index contributed by atoms with van der Waals surface area (Å²) in [5.41, 5.74) is 1.41. The van der Waals surface area contributed by atoms with E-state index in [1.807, 2.05) is 0 Å². The monoisotopic (exact) mass is 317 g/mol. The number of nitrogens with zero attached hydrogens (tertiary/aromatic N) is 1. The Bertz CT molecular complexity index is 710. The molecule has 1 aromatic heterocycles. The second-order valence-corrected chi connectivity index (χ2v) is 7.01. The summed E-state index contributed by atoms with van der Waals surface area (Å²) in [6, 6.07) is 3.60. The average molecular weight is 318 g/mol. The van der Waals surface area contributed by atoms with Gasteiger partial charge in [-0.25, -0.2) is 13.2 Å². The first-order chi connectivity index (χ1) is 8.90. The molecule has 0 aliphatic carbocycles. The molecule has 1 aromatic carbocycles. The standard InChI is InChI=1S/C11H8ClNO4S2/c12-9-2-1-7(11(14)15)3-10(9)19(16,17)5-8-4-13-6-18-8/h1-4,6H,5H2,(H,14,15). The Morgan fingerprint density at radius 2 is 2.16 bits per heavy atom. The van der Waals surface area contributed by atoms with E-state index in [2.05, 4.69) is 4.98 Å². The molecule has 8 heteroatoms. The zero-order chi connectivity index (χ0) is 14.0. The van der Waals surface area contributed by atoms with Crippen molar-refractivity contribution in [1.82, 2.24) is 4.98 Å². The molecular weight excluding hydrogens is 310 g/mol. The predicted molar refractivity (Wildman–Crippen MR) is 71.4 cm³/mol. The van der Waals surface area contributed by atoms with Crippen LogP contribution in [0, 0.1) is 0 Å². The second-order valence-electron chi connectivity index (χ2n) is 3.68. The zero-order valence-corrected chi connectivity index (χ0v) is 11.8. The van der Waals surface area contributed by atoms with Crippen LogP contribution in [-0.2, 0) is 15.6 Å². The molecule has 19 heavy (non-hydrogen) atoms. The molecule has 0 saturated heterocycles. The number of thiazole rings is 1. The van der Waals surface area contributed by atoms with Crippen molar-refractivity contribution in [3.8, 4) is 0 Å². The fourth-order valence-electron chi connectivity index (χ4n) is 1.45. The van der Waals surface area contributed by atoms with Gasteiger partial charge in [0.05, 0.1) is 26.7 Å². The highest BCUT2D eigenvalue weighted by Gasteiger charge is 2.21. The molecule has 0 spiro atoms. The van der Waals surface area contributed by atoms with E-state index in [0.29, 0.717) is 4.88 Å². The minimum absolute atomic E-state index is 0.00881. The number of carboxylic acids is 1. The van der Waals surface area contributed by atoms with Gasteiger partial charge < -0.3 is 5.11 Å². The van der Waals surface area contributed by atoms with Gasteiger partial charge in [-0.1, -0.05) is 11.6 Å². The van der Waals surface area contributed by atoms with Crippen LogP contribution in [-0.4, -0.2) is 24.5 Å². The third-order valence-electron chi connectivity index (χ3n) is 2.33. The van der Waals surface area contributed by atoms with Gasteiger partial charge >= 0.3 is 5.97 Å². The van der Waals surface area contributed by atoms with E-state index in [1.165, 1.54) is 35.2 Å². The molecule has 0 aliphatic rings. The van der Waals surface area contributed by atoms with E-state index in [0.717, 1.165) is 6.07 Å². The Balaban J connectivity index is 2.45. The first-order valence-corrected chi connectivity index (χ1v) is 7.94. The highest BCUT2D eigenvalue weighted by Crippen LogP contribution is 2.26. The molecule has 0 unspecified atom stereocenters. The van der Waals surface area contributed by atoms with E-state index in [4.69, 9.17) is 16.7 Å². The Morgan fingerprint density at radius 1 is 1.42 bits per heavy atom. The second kappa shape index (κ2) is 5.28. The molecule has 1 heterocycles. The Labute approximate surface area is 118 Å². The summed E-state index contributed by atoms with van der Waals surface area (Å²) in [7, 11) is -3.69. The molecule has 0 amide bonds. The van der Waals surface area contributed by atoms with Gasteiger partial charge in [0.1, 0.15) is 0 Å². The molecule has 0 bridgehead atoms. The van der Waals surface area contributed by atoms with Gasteiger partial charge in [0.15, 0.2) is 9.84 Å². The lowest BCUT2D eigenvalue weighted by Gasteiger charge is -2.06. The van der Waals surface area contributed by atoms with Crippen LogP contribution in [0.3, 0.4) is 0 Å². The molecule has 5 nitrogen and oxygen atoms in total. The zero-order valence-electron chi connectivity index (χ0n) is 9.41. The number of carbonyl (C=O) groups is 1. The molecule has 0 radical (unpaired) electrons. The fourth-order valence-corrected chi connectivity index (χ4v) is 4.32. The number of aromatic carboxylic acids is 1. The summed E-state index contributed by atoms with van der Waals surface area (Å²) >= 11 is 7.05. The van der Waals surface area contributed by atoms with Gasteiger partial charge in [0, 0.05) is 11.1 Å². The van der Waals surface area contributed by atoms with Crippen molar-refractivity contribution in [3.05, 3.63) is 45.4 Å². The van der Waals surface area contributed by atoms with E-state index in [9.17, 15) is 13.2 Å². The lowest BCUT2D eigenvalue weighted by Crippen LogP contribution is -2.07. The van der Waals surface area contributed by atoms with E-state index >= 15 is 0 Å². The van der Waals surface area contributed by atoms with Crippen LogP contribution in [0.15, 0.2) is 34.8 Å². The molecule has 2 aromatic rings. The number of hydrogen-bond donors (Lipinski definition) is 1. The highest BCUT2D eigenvalue weighted by molar-refractivity contribution is 7.91. The van der Waals surface area contributed by atoms with Crippen LogP contribution in [0.1, 0.15) is 15.2 Å². The third kappa shape index (κ3) is 3.12. The van der Waals surface area contributed by atoms with Crippen molar-refractivity contribution < 1.29 is 18.3 Å². The number of rotatable bonds is 4. The molecular formula is C11H8ClNO4S2. The van der Waals surface area contributed by atoms with Gasteiger partial charge in [-0.05, 0) is 18.2 Å². The minimum Gasteiger partial charge on any atom is -0.478 e. The number of carboxylic acid groups (broad SMARTS) is 1. The average Bonchev–Trinajstić information content (AvgIpc) is 2.81. The lowest BCUT2D eigenvalue weighted by atomic mass is 10.2. The Kier molecular flexibility index (Phi) is 3.88. The van der Waals surface area contributed by atoms with Gasteiger partial charge in [-0.3, -0.25) is 4.98 Å². The highest BCUT2D eigenvalue weighted by atomic mass is 35.5. The van der Waals surface area contributed by atoms with Crippen LogP contribution >= 0.6 is 22.9 Å². The molecule has 2 rings (SSSR count). The van der Waals surface area contributed by atoms with Crippen molar-refractivity contribution in [2.45, 2.75) is 10.6 Å². The normalized spacial score (nSPS) is 11.4. The Hall–Kier alpha value is -1.44. The topological polar surface area (TPSA) is 84.3 Å². The third-order valence-corrected chi connectivity index (χ3v) is 5.43. The molecule has 1 N–H and O–H groups in total. The maximum absolute atomic E-state index is 12.2.